The summed E-state index contributed by atoms with van der Waals surface area (Å²) in [6, 6.07) is 3.22. The first-order chi connectivity index (χ1) is 10.9. The second kappa shape index (κ2) is 6.40. The van der Waals surface area contributed by atoms with Crippen molar-refractivity contribution in [2.45, 2.75) is 39.7 Å². The number of piperidine rings is 1. The summed E-state index contributed by atoms with van der Waals surface area (Å²) in [5.74, 6) is -0.0640. The molecule has 3 rings (SSSR count). The predicted molar refractivity (Wildman–Crippen MR) is 90.0 cm³/mol. The summed E-state index contributed by atoms with van der Waals surface area (Å²) in [7, 11) is 0. The highest BCUT2D eigenvalue weighted by Crippen LogP contribution is 2.40. The van der Waals surface area contributed by atoms with Crippen LogP contribution in [0, 0.1) is 18.2 Å². The fourth-order valence-corrected chi connectivity index (χ4v) is 4.27. The number of carbonyl (C=O) groups excluding carboxylic acids is 1. The molecule has 2 fully saturated rings. The molecular formula is C18H24ClFN2O. The number of aryl methyl sites for hydroxylation is 1. The minimum absolute atomic E-state index is 0.162. The smallest absolute Gasteiger partial charge is 0.219 e. The Balaban J connectivity index is 1.71. The lowest BCUT2D eigenvalue weighted by molar-refractivity contribution is -0.132. The maximum absolute atomic E-state index is 14.1. The number of benzene rings is 1. The quantitative estimate of drug-likeness (QED) is 0.822. The lowest BCUT2D eigenvalue weighted by Crippen LogP contribution is -2.46. The van der Waals surface area contributed by atoms with Crippen molar-refractivity contribution < 1.29 is 9.18 Å². The third kappa shape index (κ3) is 3.38. The molecule has 0 aromatic heterocycles. The first-order valence-corrected chi connectivity index (χ1v) is 8.69. The van der Waals surface area contributed by atoms with Crippen LogP contribution in [0.4, 0.5) is 4.39 Å². The molecule has 3 nitrogen and oxygen atoms in total. The zero-order valence-electron chi connectivity index (χ0n) is 13.9. The van der Waals surface area contributed by atoms with Gasteiger partial charge in [0.05, 0.1) is 5.02 Å². The van der Waals surface area contributed by atoms with E-state index in [1.54, 1.807) is 13.0 Å². The van der Waals surface area contributed by atoms with E-state index in [2.05, 4.69) is 4.90 Å². The van der Waals surface area contributed by atoms with Crippen molar-refractivity contribution in [3.63, 3.8) is 0 Å². The number of halogens is 2. The molecule has 23 heavy (non-hydrogen) atoms. The molecule has 0 unspecified atom stereocenters. The second-order valence-electron chi connectivity index (χ2n) is 7.16. The topological polar surface area (TPSA) is 23.6 Å². The molecule has 2 aliphatic heterocycles. The summed E-state index contributed by atoms with van der Waals surface area (Å²) >= 11 is 6.30. The molecule has 5 heteroatoms. The van der Waals surface area contributed by atoms with E-state index in [4.69, 9.17) is 11.6 Å². The van der Waals surface area contributed by atoms with Gasteiger partial charge in [-0.05, 0) is 44.4 Å². The number of hydrogen-bond acceptors (Lipinski definition) is 2. The summed E-state index contributed by atoms with van der Waals surface area (Å²) in [5.41, 5.74) is 1.69. The Labute approximate surface area is 142 Å². The second-order valence-corrected chi connectivity index (χ2v) is 7.54. The SMILES string of the molecule is CC(=O)N1CCC[C@]2(CCN(Cc3c(F)ccc(C)c3Cl)C2)C1. The van der Waals surface area contributed by atoms with Crippen molar-refractivity contribution in [2.24, 2.45) is 5.41 Å². The molecule has 2 heterocycles. The highest BCUT2D eigenvalue weighted by Gasteiger charge is 2.42. The van der Waals surface area contributed by atoms with Gasteiger partial charge in [-0.25, -0.2) is 4.39 Å². The first-order valence-electron chi connectivity index (χ1n) is 8.32. The van der Waals surface area contributed by atoms with Crippen LogP contribution >= 0.6 is 11.6 Å². The Kier molecular flexibility index (Phi) is 4.65. The van der Waals surface area contributed by atoms with E-state index in [1.807, 2.05) is 11.8 Å². The molecule has 126 valence electrons. The third-order valence-electron chi connectivity index (χ3n) is 5.38. The summed E-state index contributed by atoms with van der Waals surface area (Å²) in [4.78, 5) is 15.9. The molecule has 1 aromatic rings. The zero-order chi connectivity index (χ0) is 16.6. The normalized spacial score (nSPS) is 25.3. The monoisotopic (exact) mass is 338 g/mol. The summed E-state index contributed by atoms with van der Waals surface area (Å²) in [5, 5.41) is 0.542. The Bertz CT molecular complexity index is 621. The zero-order valence-corrected chi connectivity index (χ0v) is 14.6. The predicted octanol–water partition coefficient (Wildman–Crippen LogP) is 3.62. The average Bonchev–Trinajstić information content (AvgIpc) is 2.90. The van der Waals surface area contributed by atoms with Gasteiger partial charge in [-0.3, -0.25) is 9.69 Å². The van der Waals surface area contributed by atoms with Gasteiger partial charge in [0.15, 0.2) is 0 Å². The largest absolute Gasteiger partial charge is 0.342 e. The van der Waals surface area contributed by atoms with Crippen LogP contribution in [0.1, 0.15) is 37.3 Å². The lowest BCUT2D eigenvalue weighted by Gasteiger charge is -2.40. The van der Waals surface area contributed by atoms with Gasteiger partial charge in [-0.15, -0.1) is 0 Å². The molecule has 1 aromatic carbocycles. The molecule has 0 bridgehead atoms. The van der Waals surface area contributed by atoms with E-state index in [1.165, 1.54) is 6.07 Å². The van der Waals surface area contributed by atoms with Crippen LogP contribution in [0.25, 0.3) is 0 Å². The lowest BCUT2D eigenvalue weighted by atomic mass is 9.79. The van der Waals surface area contributed by atoms with Crippen LogP contribution in [0.2, 0.25) is 5.02 Å². The maximum Gasteiger partial charge on any atom is 0.219 e. The molecule has 0 radical (unpaired) electrons. The highest BCUT2D eigenvalue weighted by molar-refractivity contribution is 6.32. The van der Waals surface area contributed by atoms with Crippen LogP contribution in [0.3, 0.4) is 0 Å². The molecule has 1 amide bonds. The number of rotatable bonds is 2. The van der Waals surface area contributed by atoms with Crippen molar-refractivity contribution in [2.75, 3.05) is 26.2 Å². The van der Waals surface area contributed by atoms with Gasteiger partial charge in [0.25, 0.3) is 0 Å². The van der Waals surface area contributed by atoms with Gasteiger partial charge in [0, 0.05) is 44.1 Å². The van der Waals surface area contributed by atoms with Gasteiger partial charge in [-0.2, -0.15) is 0 Å². The third-order valence-corrected chi connectivity index (χ3v) is 5.91. The van der Waals surface area contributed by atoms with E-state index in [-0.39, 0.29) is 17.1 Å². The van der Waals surface area contributed by atoms with Crippen molar-refractivity contribution in [1.29, 1.82) is 0 Å². The Morgan fingerprint density at radius 1 is 1.30 bits per heavy atom. The summed E-state index contributed by atoms with van der Waals surface area (Å²) in [6.07, 6.45) is 3.28. The van der Waals surface area contributed by atoms with E-state index in [0.29, 0.717) is 17.1 Å². The van der Waals surface area contributed by atoms with Crippen molar-refractivity contribution in [3.8, 4) is 0 Å². The molecule has 2 aliphatic rings. The van der Waals surface area contributed by atoms with Crippen molar-refractivity contribution in [3.05, 3.63) is 34.1 Å². The molecular weight excluding hydrogens is 315 g/mol. The number of carbonyl (C=O) groups is 1. The van der Waals surface area contributed by atoms with Crippen molar-refractivity contribution in [1.82, 2.24) is 9.80 Å². The summed E-state index contributed by atoms with van der Waals surface area (Å²) in [6.45, 7) is 7.67. The summed E-state index contributed by atoms with van der Waals surface area (Å²) < 4.78 is 14.1. The average molecular weight is 339 g/mol. The molecule has 1 atom stereocenters. The number of hydrogen-bond donors (Lipinski definition) is 0. The van der Waals surface area contributed by atoms with Gasteiger partial charge >= 0.3 is 0 Å². The van der Waals surface area contributed by atoms with Crippen molar-refractivity contribution >= 4 is 17.5 Å². The van der Waals surface area contributed by atoms with Gasteiger partial charge < -0.3 is 4.90 Å². The molecule has 2 saturated heterocycles. The fraction of sp³-hybridized carbons (Fsp3) is 0.611. The Morgan fingerprint density at radius 3 is 2.83 bits per heavy atom. The van der Waals surface area contributed by atoms with Crippen LogP contribution in [-0.2, 0) is 11.3 Å². The first kappa shape index (κ1) is 16.7. The van der Waals surface area contributed by atoms with Crippen LogP contribution in [0.5, 0.6) is 0 Å². The number of likely N-dealkylation sites (tertiary alicyclic amines) is 2. The van der Waals surface area contributed by atoms with E-state index in [9.17, 15) is 9.18 Å². The van der Waals surface area contributed by atoms with Crippen LogP contribution in [0.15, 0.2) is 12.1 Å². The van der Waals surface area contributed by atoms with Gasteiger partial charge in [0.1, 0.15) is 5.82 Å². The van der Waals surface area contributed by atoms with Gasteiger partial charge in [-0.1, -0.05) is 17.7 Å². The minimum Gasteiger partial charge on any atom is -0.342 e. The molecule has 0 aliphatic carbocycles. The highest BCUT2D eigenvalue weighted by atomic mass is 35.5. The maximum atomic E-state index is 14.1. The number of amides is 1. The van der Waals surface area contributed by atoms with E-state index >= 15 is 0 Å². The standard InChI is InChI=1S/C18H24ClFN2O/c1-13-4-5-16(20)15(17(13)19)10-21-9-7-18(11-21)6-3-8-22(12-18)14(2)23/h4-5H,3,6-12H2,1-2H3/t18-/m1/s1. The molecule has 1 spiro atoms. The Morgan fingerprint density at radius 2 is 2.09 bits per heavy atom. The van der Waals surface area contributed by atoms with E-state index in [0.717, 1.165) is 51.0 Å². The molecule has 0 N–H and O–H groups in total. The minimum atomic E-state index is -0.226. The number of nitrogens with zero attached hydrogens (tertiary/aromatic N) is 2. The Hall–Kier alpha value is -1.13. The fourth-order valence-electron chi connectivity index (χ4n) is 4.06. The van der Waals surface area contributed by atoms with Crippen LogP contribution < -0.4 is 0 Å². The molecule has 0 saturated carbocycles. The van der Waals surface area contributed by atoms with Gasteiger partial charge in [0.2, 0.25) is 5.91 Å². The van der Waals surface area contributed by atoms with E-state index < -0.39 is 0 Å². The van der Waals surface area contributed by atoms with Crippen LogP contribution in [-0.4, -0.2) is 41.9 Å².